The highest BCUT2D eigenvalue weighted by atomic mass is 79.9. The van der Waals surface area contributed by atoms with Crippen LogP contribution in [0, 0.1) is 0 Å². The molecule has 0 saturated heterocycles. The summed E-state index contributed by atoms with van der Waals surface area (Å²) in [5.74, 6) is 0.441. The molecule has 1 aromatic heterocycles. The maximum atomic E-state index is 12.1. The number of anilines is 2. The molecule has 2 heterocycles. The van der Waals surface area contributed by atoms with Crippen LogP contribution in [0.5, 0.6) is 0 Å². The third-order valence-electron chi connectivity index (χ3n) is 2.70. The number of halogens is 4. The van der Waals surface area contributed by atoms with E-state index >= 15 is 0 Å². The van der Waals surface area contributed by atoms with Gasteiger partial charge in [-0.05, 0) is 50.1 Å². The van der Waals surface area contributed by atoms with Crippen LogP contribution < -0.4 is 4.90 Å². The molecule has 0 spiro atoms. The Bertz CT molecular complexity index is 681. The van der Waals surface area contributed by atoms with Crippen LogP contribution in [0.4, 0.5) is 11.6 Å². The van der Waals surface area contributed by atoms with E-state index in [9.17, 15) is 4.79 Å². The van der Waals surface area contributed by atoms with Crippen LogP contribution in [0.25, 0.3) is 0 Å². The van der Waals surface area contributed by atoms with Gasteiger partial charge in [0.15, 0.2) is 0 Å². The van der Waals surface area contributed by atoms with Crippen molar-refractivity contribution in [2.75, 3.05) is 4.90 Å². The number of nitrogens with zero attached hydrogens (tertiary/aromatic N) is 3. The van der Waals surface area contributed by atoms with Crippen molar-refractivity contribution in [3.63, 3.8) is 0 Å². The fourth-order valence-electron chi connectivity index (χ4n) is 1.95. The number of aromatic nitrogens is 2. The van der Waals surface area contributed by atoms with Gasteiger partial charge in [-0.1, -0.05) is 23.2 Å². The SMILES string of the molecule is O=C1Cn2c(nc(Br)c2Br)N1c1cc(Cl)cc(Cl)c1. The topological polar surface area (TPSA) is 38.1 Å². The monoisotopic (exact) mass is 423 g/mol. The first-order chi connectivity index (χ1) is 8.97. The number of imidazole rings is 1. The summed E-state index contributed by atoms with van der Waals surface area (Å²) < 4.78 is 3.14. The molecule has 0 atom stereocenters. The lowest BCUT2D eigenvalue weighted by Gasteiger charge is -2.14. The van der Waals surface area contributed by atoms with E-state index in [0.29, 0.717) is 26.3 Å². The lowest BCUT2D eigenvalue weighted by molar-refractivity contribution is -0.117. The smallest absolute Gasteiger partial charge is 0.253 e. The highest BCUT2D eigenvalue weighted by Crippen LogP contribution is 2.38. The Morgan fingerprint density at radius 2 is 1.79 bits per heavy atom. The Morgan fingerprint density at radius 3 is 2.42 bits per heavy atom. The number of fused-ring (bicyclic) bond motifs is 1. The van der Waals surface area contributed by atoms with Crippen molar-refractivity contribution in [1.29, 1.82) is 0 Å². The largest absolute Gasteiger partial charge is 0.294 e. The minimum atomic E-state index is -0.0889. The van der Waals surface area contributed by atoms with Gasteiger partial charge in [-0.2, -0.15) is 0 Å². The average molecular weight is 426 g/mol. The van der Waals surface area contributed by atoms with E-state index in [0.717, 1.165) is 4.60 Å². The van der Waals surface area contributed by atoms with Crippen molar-refractivity contribution >= 4 is 72.6 Å². The van der Waals surface area contributed by atoms with Gasteiger partial charge in [0.1, 0.15) is 15.8 Å². The predicted molar refractivity (Wildman–Crippen MR) is 81.2 cm³/mol. The van der Waals surface area contributed by atoms with Crippen molar-refractivity contribution < 1.29 is 4.79 Å². The van der Waals surface area contributed by atoms with Crippen molar-refractivity contribution in [1.82, 2.24) is 9.55 Å². The van der Waals surface area contributed by atoms with Crippen LogP contribution in [-0.2, 0) is 11.3 Å². The van der Waals surface area contributed by atoms with E-state index in [1.807, 2.05) is 0 Å². The number of amides is 1. The fourth-order valence-corrected chi connectivity index (χ4v) is 3.21. The van der Waals surface area contributed by atoms with Gasteiger partial charge in [-0.15, -0.1) is 0 Å². The molecular weight excluding hydrogens is 421 g/mol. The van der Waals surface area contributed by atoms with Crippen molar-refractivity contribution in [3.05, 3.63) is 37.5 Å². The highest BCUT2D eigenvalue weighted by Gasteiger charge is 2.33. The minimum Gasteiger partial charge on any atom is -0.294 e. The first-order valence-electron chi connectivity index (χ1n) is 5.18. The molecule has 3 rings (SSSR count). The van der Waals surface area contributed by atoms with Gasteiger partial charge < -0.3 is 0 Å². The molecule has 0 saturated carbocycles. The highest BCUT2D eigenvalue weighted by molar-refractivity contribution is 9.13. The molecule has 0 aliphatic carbocycles. The molecule has 8 heteroatoms. The van der Waals surface area contributed by atoms with Crippen molar-refractivity contribution in [2.45, 2.75) is 6.54 Å². The molecule has 0 radical (unpaired) electrons. The zero-order chi connectivity index (χ0) is 13.7. The van der Waals surface area contributed by atoms with Gasteiger partial charge in [0.25, 0.3) is 5.91 Å². The van der Waals surface area contributed by atoms with Crippen LogP contribution in [0.15, 0.2) is 27.4 Å². The fraction of sp³-hybridized carbons (Fsp3) is 0.0909. The maximum absolute atomic E-state index is 12.1. The third-order valence-corrected chi connectivity index (χ3v) is 5.02. The van der Waals surface area contributed by atoms with Crippen LogP contribution in [0.1, 0.15) is 0 Å². The van der Waals surface area contributed by atoms with Gasteiger partial charge in [-0.3, -0.25) is 9.36 Å². The normalized spacial score (nSPS) is 14.1. The number of carbonyl (C=O) groups is 1. The molecule has 98 valence electrons. The Kier molecular flexibility index (Phi) is 3.37. The Hall–Kier alpha value is -0.560. The summed E-state index contributed by atoms with van der Waals surface area (Å²) in [6.45, 7) is 0.221. The van der Waals surface area contributed by atoms with Gasteiger partial charge in [0, 0.05) is 10.0 Å². The number of hydrogen-bond acceptors (Lipinski definition) is 2. The molecular formula is C11H5Br2Cl2N3O. The lowest BCUT2D eigenvalue weighted by atomic mass is 10.3. The molecule has 19 heavy (non-hydrogen) atoms. The van der Waals surface area contributed by atoms with Gasteiger partial charge in [0.05, 0.1) is 5.69 Å². The summed E-state index contributed by atoms with van der Waals surface area (Å²) in [4.78, 5) is 17.9. The second kappa shape index (κ2) is 4.77. The number of carbonyl (C=O) groups excluding carboxylic acids is 1. The summed E-state index contributed by atoms with van der Waals surface area (Å²) in [7, 11) is 0. The van der Waals surface area contributed by atoms with Gasteiger partial charge in [0.2, 0.25) is 5.95 Å². The molecule has 4 nitrogen and oxygen atoms in total. The average Bonchev–Trinajstić information content (AvgIpc) is 2.75. The summed E-state index contributed by atoms with van der Waals surface area (Å²) in [5.41, 5.74) is 0.603. The Balaban J connectivity index is 2.16. The minimum absolute atomic E-state index is 0.0889. The molecule has 1 aromatic carbocycles. The molecule has 0 unspecified atom stereocenters. The van der Waals surface area contributed by atoms with Crippen molar-refractivity contribution in [2.24, 2.45) is 0 Å². The van der Waals surface area contributed by atoms with Crippen LogP contribution in [0.3, 0.4) is 0 Å². The van der Waals surface area contributed by atoms with E-state index in [1.54, 1.807) is 22.8 Å². The van der Waals surface area contributed by atoms with Crippen LogP contribution >= 0.6 is 55.1 Å². The molecule has 0 N–H and O–H groups in total. The zero-order valence-corrected chi connectivity index (χ0v) is 13.9. The third kappa shape index (κ3) is 2.20. The molecule has 1 aliphatic heterocycles. The Morgan fingerprint density at radius 1 is 1.16 bits per heavy atom. The summed E-state index contributed by atoms with van der Waals surface area (Å²) in [6.07, 6.45) is 0. The quantitative estimate of drug-likeness (QED) is 0.679. The van der Waals surface area contributed by atoms with E-state index < -0.39 is 0 Å². The van der Waals surface area contributed by atoms with Crippen LogP contribution in [0.2, 0.25) is 10.0 Å². The second-order valence-electron chi connectivity index (χ2n) is 3.94. The van der Waals surface area contributed by atoms with Gasteiger partial charge >= 0.3 is 0 Å². The molecule has 0 bridgehead atoms. The van der Waals surface area contributed by atoms with Crippen LogP contribution in [-0.4, -0.2) is 15.5 Å². The van der Waals surface area contributed by atoms with E-state index in [2.05, 4.69) is 36.8 Å². The second-order valence-corrected chi connectivity index (χ2v) is 6.31. The van der Waals surface area contributed by atoms with Crippen molar-refractivity contribution in [3.8, 4) is 0 Å². The van der Waals surface area contributed by atoms with E-state index in [1.165, 1.54) is 4.90 Å². The first-order valence-corrected chi connectivity index (χ1v) is 7.52. The zero-order valence-electron chi connectivity index (χ0n) is 9.20. The number of rotatable bonds is 1. The summed E-state index contributed by atoms with van der Waals surface area (Å²) >= 11 is 18.6. The lowest BCUT2D eigenvalue weighted by Crippen LogP contribution is -2.21. The molecule has 1 amide bonds. The predicted octanol–water partition coefficient (Wildman–Crippen LogP) is 4.39. The standard InChI is InChI=1S/C11H5Br2Cl2N3O/c12-9-10(13)17-4-8(19)18(11(17)16-9)7-2-5(14)1-6(15)3-7/h1-3H,4H2. The molecule has 0 fully saturated rings. The van der Waals surface area contributed by atoms with E-state index in [4.69, 9.17) is 23.2 Å². The molecule has 2 aromatic rings. The Labute approximate surface area is 135 Å². The number of benzene rings is 1. The summed E-state index contributed by atoms with van der Waals surface area (Å²) in [5, 5.41) is 0.942. The molecule has 1 aliphatic rings. The first kappa shape index (κ1) is 13.4. The summed E-state index contributed by atoms with van der Waals surface area (Å²) in [6, 6.07) is 4.97. The van der Waals surface area contributed by atoms with E-state index in [-0.39, 0.29) is 12.5 Å². The maximum Gasteiger partial charge on any atom is 0.253 e. The number of hydrogen-bond donors (Lipinski definition) is 0. The van der Waals surface area contributed by atoms with Gasteiger partial charge in [-0.25, -0.2) is 9.88 Å².